The van der Waals surface area contributed by atoms with Gasteiger partial charge in [0.25, 0.3) is 11.5 Å². The molecule has 0 aliphatic carbocycles. The number of carbonyl (C=O) groups is 1. The molecule has 14 heteroatoms. The number of pyridine rings is 2. The first-order valence-corrected chi connectivity index (χ1v) is 10.5. The number of nitrogens with zero attached hydrogens (tertiary/aromatic N) is 8. The highest BCUT2D eigenvalue weighted by Gasteiger charge is 2.41. The smallest absolute Gasteiger partial charge is 0.320 e. The largest absolute Gasteiger partial charge is 0.435 e. The molecule has 0 spiro atoms. The number of fused-ring (bicyclic) bond motifs is 1. The number of nitriles is 1. The van der Waals surface area contributed by atoms with Crippen LogP contribution < -0.4 is 10.9 Å². The first-order valence-electron chi connectivity index (χ1n) is 10.5. The molecular formula is C23H14F3N9O2. The monoisotopic (exact) mass is 505 g/mol. The Labute approximate surface area is 205 Å². The maximum atomic E-state index is 14.2. The molecule has 5 rings (SSSR count). The molecule has 0 aliphatic heterocycles. The van der Waals surface area contributed by atoms with Crippen LogP contribution in [0.25, 0.3) is 16.6 Å². The van der Waals surface area contributed by atoms with E-state index in [1.807, 2.05) is 6.07 Å². The molecule has 4 heterocycles. The number of anilines is 1. The van der Waals surface area contributed by atoms with E-state index in [2.05, 4.69) is 25.6 Å². The average molecular weight is 505 g/mol. The van der Waals surface area contributed by atoms with Crippen LogP contribution in [0, 0.1) is 18.3 Å². The summed E-state index contributed by atoms with van der Waals surface area (Å²) in [5, 5.41) is 24.1. The van der Waals surface area contributed by atoms with Crippen molar-refractivity contribution in [2.45, 2.75) is 13.1 Å². The highest BCUT2D eigenvalue weighted by atomic mass is 19.4. The van der Waals surface area contributed by atoms with Crippen LogP contribution in [0.1, 0.15) is 27.3 Å². The Kier molecular flexibility index (Phi) is 5.52. The maximum absolute atomic E-state index is 14.2. The Hall–Kier alpha value is -5.32. The fraction of sp³-hybridized carbons (Fsp3) is 0.0870. The first-order chi connectivity index (χ1) is 17.7. The molecule has 0 unspecified atom stereocenters. The molecule has 184 valence electrons. The molecule has 0 saturated heterocycles. The molecule has 1 N–H and O–H groups in total. The van der Waals surface area contributed by atoms with Crippen molar-refractivity contribution in [3.8, 4) is 11.9 Å². The summed E-state index contributed by atoms with van der Waals surface area (Å²) in [6.45, 7) is 1.49. The lowest BCUT2D eigenvalue weighted by Gasteiger charge is -2.15. The van der Waals surface area contributed by atoms with Gasteiger partial charge in [0.1, 0.15) is 11.6 Å². The normalized spacial score (nSPS) is 11.4. The Morgan fingerprint density at radius 1 is 1.11 bits per heavy atom. The second kappa shape index (κ2) is 8.72. The molecule has 11 nitrogen and oxygen atoms in total. The highest BCUT2D eigenvalue weighted by molar-refractivity contribution is 6.05. The summed E-state index contributed by atoms with van der Waals surface area (Å²) in [7, 11) is 0. The van der Waals surface area contributed by atoms with Gasteiger partial charge in [0.05, 0.1) is 35.5 Å². The molecule has 0 radical (unpaired) electrons. The highest BCUT2D eigenvalue weighted by Crippen LogP contribution is 2.32. The molecule has 1 aromatic carbocycles. The number of aryl methyl sites for hydroxylation is 1. The number of hydrogen-bond acceptors (Lipinski definition) is 7. The number of nitrogens with one attached hydrogen (secondary N) is 1. The van der Waals surface area contributed by atoms with Crippen molar-refractivity contribution in [3.63, 3.8) is 0 Å². The molecular weight excluding hydrogens is 491 g/mol. The summed E-state index contributed by atoms with van der Waals surface area (Å²) in [5.41, 5.74) is -2.85. The third-order valence-electron chi connectivity index (χ3n) is 5.43. The van der Waals surface area contributed by atoms with Gasteiger partial charge >= 0.3 is 6.18 Å². The Balaban J connectivity index is 1.57. The number of benzene rings is 1. The van der Waals surface area contributed by atoms with E-state index in [1.54, 1.807) is 18.2 Å². The van der Waals surface area contributed by atoms with Gasteiger partial charge in [-0.3, -0.25) is 9.59 Å². The Morgan fingerprint density at radius 2 is 1.84 bits per heavy atom. The van der Waals surface area contributed by atoms with Crippen molar-refractivity contribution in [1.29, 1.82) is 5.26 Å². The molecule has 0 atom stereocenters. The molecule has 0 aliphatic rings. The quantitative estimate of drug-likeness (QED) is 0.397. The van der Waals surface area contributed by atoms with Crippen LogP contribution in [-0.2, 0) is 6.18 Å². The van der Waals surface area contributed by atoms with Gasteiger partial charge in [0.15, 0.2) is 11.5 Å². The SMILES string of the molecule is Cc1nc(-n2nccn2)c(C#N)cc1NC(=O)c1cnn(-n2ccc3ccccc3c2=O)c1C(F)(F)F. The van der Waals surface area contributed by atoms with E-state index in [9.17, 15) is 28.0 Å². The summed E-state index contributed by atoms with van der Waals surface area (Å²) in [6.07, 6.45) is -0.426. The van der Waals surface area contributed by atoms with E-state index in [0.29, 0.717) is 14.9 Å². The van der Waals surface area contributed by atoms with Crippen LogP contribution in [0.5, 0.6) is 0 Å². The van der Waals surface area contributed by atoms with Gasteiger partial charge in [0, 0.05) is 11.6 Å². The van der Waals surface area contributed by atoms with Crippen LogP contribution in [0.15, 0.2) is 66.0 Å². The van der Waals surface area contributed by atoms with E-state index in [-0.39, 0.29) is 28.1 Å². The third kappa shape index (κ3) is 4.08. The minimum absolute atomic E-state index is 0.00111. The lowest BCUT2D eigenvalue weighted by molar-refractivity contribution is -0.145. The van der Waals surface area contributed by atoms with Gasteiger partial charge < -0.3 is 5.32 Å². The van der Waals surface area contributed by atoms with Gasteiger partial charge in [-0.15, -0.1) is 4.80 Å². The van der Waals surface area contributed by atoms with E-state index >= 15 is 0 Å². The predicted octanol–water partition coefficient (Wildman–Crippen LogP) is 2.94. The topological polar surface area (TPSA) is 136 Å². The van der Waals surface area contributed by atoms with Gasteiger partial charge in [0.2, 0.25) is 0 Å². The molecule has 0 saturated carbocycles. The first kappa shape index (κ1) is 23.4. The number of carbonyl (C=O) groups excluding carboxylic acids is 1. The zero-order chi connectivity index (χ0) is 26.3. The van der Waals surface area contributed by atoms with Crippen molar-refractivity contribution >= 4 is 22.4 Å². The van der Waals surface area contributed by atoms with E-state index in [1.165, 1.54) is 37.5 Å². The van der Waals surface area contributed by atoms with E-state index < -0.39 is 28.9 Å². The second-order valence-electron chi connectivity index (χ2n) is 7.72. The van der Waals surface area contributed by atoms with Gasteiger partial charge in [-0.2, -0.15) is 38.5 Å². The fourth-order valence-electron chi connectivity index (χ4n) is 3.73. The van der Waals surface area contributed by atoms with Gasteiger partial charge in [-0.25, -0.2) is 9.66 Å². The van der Waals surface area contributed by atoms with Crippen LogP contribution >= 0.6 is 0 Å². The number of hydrogen-bond donors (Lipinski definition) is 1. The minimum atomic E-state index is -5.05. The van der Waals surface area contributed by atoms with Gasteiger partial charge in [-0.1, -0.05) is 18.2 Å². The van der Waals surface area contributed by atoms with Crippen molar-refractivity contribution in [2.75, 3.05) is 5.32 Å². The Bertz CT molecular complexity index is 1760. The summed E-state index contributed by atoms with van der Waals surface area (Å²) in [5.74, 6) is -1.08. The average Bonchev–Trinajstić information content (AvgIpc) is 3.56. The molecule has 1 amide bonds. The lowest BCUT2D eigenvalue weighted by atomic mass is 10.2. The number of aromatic nitrogens is 7. The van der Waals surface area contributed by atoms with E-state index in [0.717, 1.165) is 17.2 Å². The molecule has 5 aromatic rings. The summed E-state index contributed by atoms with van der Waals surface area (Å²) < 4.78 is 43.1. The molecule has 37 heavy (non-hydrogen) atoms. The fourth-order valence-corrected chi connectivity index (χ4v) is 3.73. The molecule has 0 bridgehead atoms. The Morgan fingerprint density at radius 3 is 2.54 bits per heavy atom. The van der Waals surface area contributed by atoms with Gasteiger partial charge in [-0.05, 0) is 30.5 Å². The lowest BCUT2D eigenvalue weighted by Crippen LogP contribution is -2.31. The van der Waals surface area contributed by atoms with Crippen molar-refractivity contribution in [3.05, 3.63) is 94.1 Å². The third-order valence-corrected chi connectivity index (χ3v) is 5.43. The second-order valence-corrected chi connectivity index (χ2v) is 7.72. The zero-order valence-electron chi connectivity index (χ0n) is 18.8. The standard InChI is InChI=1S/C23H14F3N9O2/c1-13-18(10-15(11-27)20(31-13)34-28-7-8-29-34)32-21(36)17-12-30-35(19(17)23(24,25)26)33-9-6-14-4-2-3-5-16(14)22(33)37/h2-10,12H,1H3,(H,32,36). The predicted molar refractivity (Wildman–Crippen MR) is 123 cm³/mol. The minimum Gasteiger partial charge on any atom is -0.320 e. The number of amides is 1. The van der Waals surface area contributed by atoms with Crippen LogP contribution in [0.4, 0.5) is 18.9 Å². The molecule has 0 fully saturated rings. The van der Waals surface area contributed by atoms with Crippen LogP contribution in [0.2, 0.25) is 0 Å². The summed E-state index contributed by atoms with van der Waals surface area (Å²) in [4.78, 5) is 31.5. The maximum Gasteiger partial charge on any atom is 0.435 e. The number of alkyl halides is 3. The van der Waals surface area contributed by atoms with E-state index in [4.69, 9.17) is 0 Å². The van der Waals surface area contributed by atoms with Crippen molar-refractivity contribution in [2.24, 2.45) is 0 Å². The van der Waals surface area contributed by atoms with Crippen LogP contribution in [-0.4, -0.2) is 40.5 Å². The zero-order valence-corrected chi connectivity index (χ0v) is 18.8. The van der Waals surface area contributed by atoms with Crippen molar-refractivity contribution in [1.82, 2.24) is 34.5 Å². The summed E-state index contributed by atoms with van der Waals surface area (Å²) in [6, 6.07) is 11.0. The van der Waals surface area contributed by atoms with Crippen molar-refractivity contribution < 1.29 is 18.0 Å². The summed E-state index contributed by atoms with van der Waals surface area (Å²) >= 11 is 0. The molecule has 4 aromatic heterocycles. The van der Waals surface area contributed by atoms with Crippen LogP contribution in [0.3, 0.4) is 0 Å². The number of rotatable bonds is 4. The number of halogens is 3.